The molecule has 0 spiro atoms. The quantitative estimate of drug-likeness (QED) is 0.227. The summed E-state index contributed by atoms with van der Waals surface area (Å²) in [5, 5.41) is 1.15. The van der Waals surface area contributed by atoms with Crippen LogP contribution in [0.4, 0.5) is 5.69 Å². The lowest BCUT2D eigenvalue weighted by Gasteiger charge is -2.35. The molecule has 0 amide bonds. The van der Waals surface area contributed by atoms with Crippen molar-refractivity contribution in [3.63, 3.8) is 0 Å². The number of esters is 2. The van der Waals surface area contributed by atoms with Gasteiger partial charge in [0.1, 0.15) is 17.8 Å². The Morgan fingerprint density at radius 2 is 1.41 bits per heavy atom. The van der Waals surface area contributed by atoms with E-state index in [0.717, 1.165) is 29.3 Å². The van der Waals surface area contributed by atoms with E-state index in [4.69, 9.17) is 19.0 Å². The summed E-state index contributed by atoms with van der Waals surface area (Å²) in [5.41, 5.74) is -0.0840. The van der Waals surface area contributed by atoms with Crippen LogP contribution in [0.5, 0.6) is 5.75 Å². The number of methoxy groups -OCH3 is 3. The van der Waals surface area contributed by atoms with Crippen molar-refractivity contribution in [3.8, 4) is 5.75 Å². The van der Waals surface area contributed by atoms with Gasteiger partial charge in [0.15, 0.2) is 5.78 Å². The molecular weight excluding hydrogens is 542 g/mol. The first-order chi connectivity index (χ1) is 17.8. The van der Waals surface area contributed by atoms with Crippen LogP contribution in [-0.2, 0) is 23.9 Å². The maximum atomic E-state index is 14.2. The van der Waals surface area contributed by atoms with Gasteiger partial charge in [-0.3, -0.25) is 9.63 Å². The van der Waals surface area contributed by atoms with Crippen molar-refractivity contribution in [3.05, 3.63) is 94.0 Å². The smallest absolute Gasteiger partial charge is 0.346 e. The Hall–Kier alpha value is -3.69. The monoisotopic (exact) mass is 567 g/mol. The minimum Gasteiger partial charge on any atom is -0.497 e. The van der Waals surface area contributed by atoms with Crippen molar-refractivity contribution in [2.75, 3.05) is 26.4 Å². The number of anilines is 1. The van der Waals surface area contributed by atoms with E-state index in [1.54, 1.807) is 67.8 Å². The average Bonchev–Trinajstić information content (AvgIpc) is 3.29. The van der Waals surface area contributed by atoms with Crippen LogP contribution in [0, 0.1) is 12.8 Å². The number of ether oxygens (including phenoxy) is 3. The van der Waals surface area contributed by atoms with E-state index in [1.807, 2.05) is 19.1 Å². The number of rotatable bonds is 7. The number of hydrogen-bond donors (Lipinski definition) is 0. The van der Waals surface area contributed by atoms with Gasteiger partial charge in [-0.25, -0.2) is 14.7 Å². The summed E-state index contributed by atoms with van der Waals surface area (Å²) < 4.78 is 16.3. The van der Waals surface area contributed by atoms with Crippen LogP contribution >= 0.6 is 15.9 Å². The van der Waals surface area contributed by atoms with Gasteiger partial charge in [0, 0.05) is 10.0 Å². The molecule has 0 bridgehead atoms. The van der Waals surface area contributed by atoms with Crippen molar-refractivity contribution < 1.29 is 33.4 Å². The SMILES string of the molecule is COC(=O)C1(C(=O)OC)C(C(=O)c2ccc(Br)cc2)C(c2ccc(OC)cc2)ON1c1ccc(C)cc1. The molecule has 4 rings (SSSR count). The molecule has 0 aliphatic carbocycles. The third-order valence-corrected chi connectivity index (χ3v) is 6.94. The van der Waals surface area contributed by atoms with Crippen LogP contribution in [0.1, 0.15) is 27.6 Å². The van der Waals surface area contributed by atoms with Crippen LogP contribution in [-0.4, -0.2) is 44.6 Å². The zero-order valence-electron chi connectivity index (χ0n) is 20.8. The van der Waals surface area contributed by atoms with Gasteiger partial charge in [-0.2, -0.15) is 0 Å². The van der Waals surface area contributed by atoms with Gasteiger partial charge in [-0.1, -0.05) is 57.9 Å². The number of ketones is 1. The molecule has 1 saturated heterocycles. The Bertz CT molecular complexity index is 1270. The van der Waals surface area contributed by atoms with E-state index in [-0.39, 0.29) is 0 Å². The van der Waals surface area contributed by atoms with Crippen molar-refractivity contribution in [2.45, 2.75) is 18.6 Å². The zero-order chi connectivity index (χ0) is 26.7. The summed E-state index contributed by atoms with van der Waals surface area (Å²) in [4.78, 5) is 47.8. The number of hydroxylamine groups is 1. The molecule has 1 fully saturated rings. The first-order valence-corrected chi connectivity index (χ1v) is 12.2. The maximum Gasteiger partial charge on any atom is 0.346 e. The number of carbonyl (C=O) groups excluding carboxylic acids is 3. The third kappa shape index (κ3) is 4.60. The van der Waals surface area contributed by atoms with E-state index >= 15 is 0 Å². The fourth-order valence-electron chi connectivity index (χ4n) is 4.53. The molecule has 0 N–H and O–H groups in total. The molecule has 0 radical (unpaired) electrons. The molecule has 3 aromatic rings. The van der Waals surface area contributed by atoms with Crippen LogP contribution in [0.25, 0.3) is 0 Å². The number of carbonyl (C=O) groups is 3. The summed E-state index contributed by atoms with van der Waals surface area (Å²) in [7, 11) is 3.85. The topological polar surface area (TPSA) is 91.4 Å². The highest BCUT2D eigenvalue weighted by Gasteiger charge is 2.70. The minimum absolute atomic E-state index is 0.290. The summed E-state index contributed by atoms with van der Waals surface area (Å²) in [6.45, 7) is 1.91. The van der Waals surface area contributed by atoms with Crippen molar-refractivity contribution in [2.24, 2.45) is 5.92 Å². The Balaban J connectivity index is 2.00. The minimum atomic E-state index is -2.27. The Morgan fingerprint density at radius 1 is 0.838 bits per heavy atom. The fourth-order valence-corrected chi connectivity index (χ4v) is 4.79. The summed E-state index contributed by atoms with van der Waals surface area (Å²) in [6.07, 6.45) is -1.04. The molecule has 3 aromatic carbocycles. The van der Waals surface area contributed by atoms with Crippen LogP contribution < -0.4 is 9.80 Å². The van der Waals surface area contributed by atoms with Crippen molar-refractivity contribution in [1.29, 1.82) is 0 Å². The number of nitrogens with zero attached hydrogens (tertiary/aromatic N) is 1. The standard InChI is InChI=1S/C28H26BrNO7/c1-17-5-13-21(14-6-17)30-28(26(32)35-3,27(33)36-4)23(24(31)18-7-11-20(29)12-8-18)25(37-30)19-9-15-22(34-2)16-10-19/h5-16,23,25H,1-4H3. The third-order valence-electron chi connectivity index (χ3n) is 6.41. The van der Waals surface area contributed by atoms with Gasteiger partial charge in [-0.05, 0) is 48.9 Å². The number of Topliss-reactive ketones (excluding diaryl/α,β-unsaturated/α-hetero) is 1. The molecule has 0 aromatic heterocycles. The van der Waals surface area contributed by atoms with Gasteiger partial charge < -0.3 is 14.2 Å². The van der Waals surface area contributed by atoms with Crippen molar-refractivity contribution >= 4 is 39.3 Å². The molecule has 1 heterocycles. The molecule has 9 heteroatoms. The summed E-state index contributed by atoms with van der Waals surface area (Å²) in [6, 6.07) is 20.6. The second kappa shape index (κ2) is 10.7. The maximum absolute atomic E-state index is 14.2. The number of aryl methyl sites for hydroxylation is 1. The fraction of sp³-hybridized carbons (Fsp3) is 0.250. The molecule has 37 heavy (non-hydrogen) atoms. The number of halogens is 1. The summed E-state index contributed by atoms with van der Waals surface area (Å²) >= 11 is 3.37. The second-order valence-corrected chi connectivity index (χ2v) is 9.44. The molecule has 2 unspecified atom stereocenters. The lowest BCUT2D eigenvalue weighted by atomic mass is 9.74. The average molecular weight is 568 g/mol. The zero-order valence-corrected chi connectivity index (χ0v) is 22.4. The summed E-state index contributed by atoms with van der Waals surface area (Å²) in [5.74, 6) is -3.21. The van der Waals surface area contributed by atoms with Gasteiger partial charge in [0.2, 0.25) is 0 Å². The van der Waals surface area contributed by atoms with Crippen LogP contribution in [0.2, 0.25) is 0 Å². The molecular formula is C28H26BrNO7. The van der Waals surface area contributed by atoms with Crippen LogP contribution in [0.15, 0.2) is 77.3 Å². The van der Waals surface area contributed by atoms with Gasteiger partial charge in [0.05, 0.1) is 27.0 Å². The van der Waals surface area contributed by atoms with E-state index in [1.165, 1.54) is 0 Å². The van der Waals surface area contributed by atoms with E-state index in [2.05, 4.69) is 15.9 Å². The van der Waals surface area contributed by atoms with E-state index in [0.29, 0.717) is 22.6 Å². The highest BCUT2D eigenvalue weighted by atomic mass is 79.9. The van der Waals surface area contributed by atoms with Gasteiger partial charge >= 0.3 is 11.9 Å². The molecule has 1 aliphatic rings. The Morgan fingerprint density at radius 3 is 1.92 bits per heavy atom. The van der Waals surface area contributed by atoms with Gasteiger partial charge in [0.25, 0.3) is 5.54 Å². The Kier molecular flexibility index (Phi) is 7.65. The molecule has 192 valence electrons. The van der Waals surface area contributed by atoms with Crippen LogP contribution in [0.3, 0.4) is 0 Å². The van der Waals surface area contributed by atoms with Crippen molar-refractivity contribution in [1.82, 2.24) is 0 Å². The molecule has 0 saturated carbocycles. The largest absolute Gasteiger partial charge is 0.497 e. The lowest BCUT2D eigenvalue weighted by Crippen LogP contribution is -2.63. The number of hydrogen-bond acceptors (Lipinski definition) is 8. The first-order valence-electron chi connectivity index (χ1n) is 11.4. The predicted octanol–water partition coefficient (Wildman–Crippen LogP) is 4.84. The molecule has 1 aliphatic heterocycles. The predicted molar refractivity (Wildman–Crippen MR) is 139 cm³/mol. The molecule has 8 nitrogen and oxygen atoms in total. The van der Waals surface area contributed by atoms with E-state index < -0.39 is 35.3 Å². The normalized spacial score (nSPS) is 18.2. The number of benzene rings is 3. The molecule has 2 atom stereocenters. The highest BCUT2D eigenvalue weighted by Crippen LogP contribution is 2.50. The second-order valence-electron chi connectivity index (χ2n) is 8.53. The first kappa shape index (κ1) is 26.4. The Labute approximate surface area is 223 Å². The lowest BCUT2D eigenvalue weighted by molar-refractivity contribution is -0.163. The van der Waals surface area contributed by atoms with Gasteiger partial charge in [-0.15, -0.1) is 0 Å². The highest BCUT2D eigenvalue weighted by molar-refractivity contribution is 9.10. The van der Waals surface area contributed by atoms with E-state index in [9.17, 15) is 14.4 Å².